The van der Waals surface area contributed by atoms with Crippen LogP contribution in [0.3, 0.4) is 0 Å². The zero-order valence-electron chi connectivity index (χ0n) is 12.6. The van der Waals surface area contributed by atoms with Crippen LogP contribution in [-0.2, 0) is 0 Å². The summed E-state index contributed by atoms with van der Waals surface area (Å²) >= 11 is 0. The van der Waals surface area contributed by atoms with Gasteiger partial charge < -0.3 is 10.5 Å². The van der Waals surface area contributed by atoms with Gasteiger partial charge in [0.15, 0.2) is 0 Å². The van der Waals surface area contributed by atoms with E-state index in [-0.39, 0.29) is 6.04 Å². The maximum Gasteiger partial charge on any atom is 0.119 e. The van der Waals surface area contributed by atoms with Gasteiger partial charge >= 0.3 is 0 Å². The molecule has 0 amide bonds. The molecule has 19 heavy (non-hydrogen) atoms. The third kappa shape index (κ3) is 4.24. The average molecular weight is 261 g/mol. The lowest BCUT2D eigenvalue weighted by molar-refractivity contribution is 0.234. The monoisotopic (exact) mass is 261 g/mol. The standard InChI is InChI=1S/C17H27NO/c1-12(17(2,3)4)11-16(18)13-5-7-14(8-6-13)19-15-9-10-15/h5-8,12,15-16H,9-11,18H2,1-4H3. The molecule has 0 heterocycles. The average Bonchev–Trinajstić information content (AvgIpc) is 3.12. The van der Waals surface area contributed by atoms with Crippen molar-refractivity contribution >= 4 is 0 Å². The minimum Gasteiger partial charge on any atom is -0.490 e. The molecule has 1 aliphatic carbocycles. The van der Waals surface area contributed by atoms with Gasteiger partial charge in [-0.1, -0.05) is 39.8 Å². The summed E-state index contributed by atoms with van der Waals surface area (Å²) < 4.78 is 5.75. The molecule has 2 rings (SSSR count). The number of nitrogens with two attached hydrogens (primary N) is 1. The summed E-state index contributed by atoms with van der Waals surface area (Å²) in [6, 6.07) is 8.43. The summed E-state index contributed by atoms with van der Waals surface area (Å²) in [6.45, 7) is 9.11. The first kappa shape index (κ1) is 14.4. The molecule has 2 heteroatoms. The first-order valence-electron chi connectivity index (χ1n) is 7.38. The summed E-state index contributed by atoms with van der Waals surface area (Å²) in [5.41, 5.74) is 7.84. The van der Waals surface area contributed by atoms with E-state index in [1.807, 2.05) is 0 Å². The Balaban J connectivity index is 1.92. The second-order valence-electron chi connectivity index (χ2n) is 7.00. The molecular formula is C17H27NO. The summed E-state index contributed by atoms with van der Waals surface area (Å²) in [4.78, 5) is 0. The van der Waals surface area contributed by atoms with Gasteiger partial charge in [-0.2, -0.15) is 0 Å². The molecule has 1 saturated carbocycles. The molecule has 2 nitrogen and oxygen atoms in total. The van der Waals surface area contributed by atoms with Crippen molar-refractivity contribution < 1.29 is 4.74 Å². The maximum atomic E-state index is 6.32. The molecule has 0 spiro atoms. The Bertz CT molecular complexity index is 400. The van der Waals surface area contributed by atoms with E-state index >= 15 is 0 Å². The highest BCUT2D eigenvalue weighted by molar-refractivity contribution is 5.29. The topological polar surface area (TPSA) is 35.2 Å². The van der Waals surface area contributed by atoms with Gasteiger partial charge in [-0.15, -0.1) is 0 Å². The molecule has 2 unspecified atom stereocenters. The van der Waals surface area contributed by atoms with Gasteiger partial charge in [-0.25, -0.2) is 0 Å². The van der Waals surface area contributed by atoms with Gasteiger partial charge in [0.1, 0.15) is 5.75 Å². The minimum absolute atomic E-state index is 0.115. The SMILES string of the molecule is CC(CC(N)c1ccc(OC2CC2)cc1)C(C)(C)C. The van der Waals surface area contributed by atoms with Crippen LogP contribution in [0.15, 0.2) is 24.3 Å². The molecule has 106 valence electrons. The maximum absolute atomic E-state index is 6.32. The molecule has 1 fully saturated rings. The predicted octanol–water partition coefficient (Wildman–Crippen LogP) is 4.30. The van der Waals surface area contributed by atoms with Crippen LogP contribution < -0.4 is 10.5 Å². The largest absolute Gasteiger partial charge is 0.490 e. The fourth-order valence-electron chi connectivity index (χ4n) is 2.04. The molecule has 0 saturated heterocycles. The van der Waals surface area contributed by atoms with Crippen molar-refractivity contribution in [2.45, 2.75) is 59.1 Å². The van der Waals surface area contributed by atoms with Gasteiger partial charge in [0, 0.05) is 6.04 Å². The highest BCUT2D eigenvalue weighted by Gasteiger charge is 2.24. The van der Waals surface area contributed by atoms with Gasteiger partial charge in [-0.3, -0.25) is 0 Å². The third-order valence-corrected chi connectivity index (χ3v) is 4.22. The molecule has 0 aromatic heterocycles. The molecule has 1 aromatic rings. The smallest absolute Gasteiger partial charge is 0.119 e. The van der Waals surface area contributed by atoms with Crippen molar-refractivity contribution in [2.75, 3.05) is 0 Å². The van der Waals surface area contributed by atoms with Crippen molar-refractivity contribution in [1.82, 2.24) is 0 Å². The molecular weight excluding hydrogens is 234 g/mol. The Morgan fingerprint density at radius 3 is 2.26 bits per heavy atom. The zero-order valence-corrected chi connectivity index (χ0v) is 12.6. The van der Waals surface area contributed by atoms with Crippen LogP contribution in [-0.4, -0.2) is 6.10 Å². The van der Waals surface area contributed by atoms with Crippen molar-refractivity contribution in [3.8, 4) is 5.75 Å². The van der Waals surface area contributed by atoms with E-state index in [9.17, 15) is 0 Å². The number of rotatable bonds is 5. The van der Waals surface area contributed by atoms with Crippen LogP contribution in [0.2, 0.25) is 0 Å². The van der Waals surface area contributed by atoms with E-state index in [1.54, 1.807) is 0 Å². The Morgan fingerprint density at radius 1 is 1.21 bits per heavy atom. The number of ether oxygens (including phenoxy) is 1. The van der Waals surface area contributed by atoms with Crippen molar-refractivity contribution in [2.24, 2.45) is 17.1 Å². The van der Waals surface area contributed by atoms with E-state index in [1.165, 1.54) is 18.4 Å². The van der Waals surface area contributed by atoms with Crippen LogP contribution in [0.4, 0.5) is 0 Å². The van der Waals surface area contributed by atoms with E-state index in [4.69, 9.17) is 10.5 Å². The molecule has 0 bridgehead atoms. The molecule has 0 aliphatic heterocycles. The molecule has 0 radical (unpaired) electrons. The zero-order chi connectivity index (χ0) is 14.0. The number of hydrogen-bond acceptors (Lipinski definition) is 2. The fraction of sp³-hybridized carbons (Fsp3) is 0.647. The lowest BCUT2D eigenvalue weighted by Crippen LogP contribution is -2.23. The molecule has 1 aromatic carbocycles. The molecule has 2 N–H and O–H groups in total. The van der Waals surface area contributed by atoms with Crippen molar-refractivity contribution in [3.63, 3.8) is 0 Å². The van der Waals surface area contributed by atoms with Gasteiger partial charge in [0.25, 0.3) is 0 Å². The lowest BCUT2D eigenvalue weighted by atomic mass is 9.78. The quantitative estimate of drug-likeness (QED) is 0.857. The van der Waals surface area contributed by atoms with Crippen LogP contribution in [0.1, 0.15) is 58.6 Å². The Kier molecular flexibility index (Phi) is 4.19. The summed E-state index contributed by atoms with van der Waals surface area (Å²) in [7, 11) is 0. The summed E-state index contributed by atoms with van der Waals surface area (Å²) in [6.07, 6.45) is 3.88. The Labute approximate surface area is 117 Å². The van der Waals surface area contributed by atoms with Crippen LogP contribution >= 0.6 is 0 Å². The Hall–Kier alpha value is -1.02. The van der Waals surface area contributed by atoms with Crippen molar-refractivity contribution in [3.05, 3.63) is 29.8 Å². The second-order valence-corrected chi connectivity index (χ2v) is 7.00. The fourth-order valence-corrected chi connectivity index (χ4v) is 2.04. The minimum atomic E-state index is 0.115. The van der Waals surface area contributed by atoms with Crippen LogP contribution in [0, 0.1) is 11.3 Å². The highest BCUT2D eigenvalue weighted by atomic mass is 16.5. The van der Waals surface area contributed by atoms with E-state index in [0.29, 0.717) is 17.4 Å². The van der Waals surface area contributed by atoms with Gasteiger partial charge in [0.2, 0.25) is 0 Å². The van der Waals surface area contributed by atoms with Crippen LogP contribution in [0.25, 0.3) is 0 Å². The summed E-state index contributed by atoms with van der Waals surface area (Å²) in [5.74, 6) is 1.58. The first-order valence-corrected chi connectivity index (χ1v) is 7.38. The molecule has 1 aliphatic rings. The lowest BCUT2D eigenvalue weighted by Gasteiger charge is -2.29. The number of hydrogen-bond donors (Lipinski definition) is 1. The van der Waals surface area contributed by atoms with Gasteiger partial charge in [-0.05, 0) is 48.3 Å². The summed E-state index contributed by atoms with van der Waals surface area (Å²) in [5, 5.41) is 0. The molecule has 2 atom stereocenters. The third-order valence-electron chi connectivity index (χ3n) is 4.22. The van der Waals surface area contributed by atoms with E-state index in [0.717, 1.165) is 12.2 Å². The van der Waals surface area contributed by atoms with Crippen molar-refractivity contribution in [1.29, 1.82) is 0 Å². The Morgan fingerprint density at radius 2 is 1.79 bits per heavy atom. The second kappa shape index (κ2) is 5.54. The van der Waals surface area contributed by atoms with E-state index in [2.05, 4.69) is 52.0 Å². The van der Waals surface area contributed by atoms with Crippen LogP contribution in [0.5, 0.6) is 5.75 Å². The normalized spacial score (nSPS) is 19.0. The van der Waals surface area contributed by atoms with Gasteiger partial charge in [0.05, 0.1) is 6.10 Å². The number of benzene rings is 1. The first-order chi connectivity index (χ1) is 8.86. The highest BCUT2D eigenvalue weighted by Crippen LogP contribution is 2.33. The predicted molar refractivity (Wildman–Crippen MR) is 80.3 cm³/mol. The van der Waals surface area contributed by atoms with E-state index < -0.39 is 0 Å².